The van der Waals surface area contributed by atoms with Crippen molar-refractivity contribution in [3.8, 4) is 5.75 Å². The number of rotatable bonds is 3. The summed E-state index contributed by atoms with van der Waals surface area (Å²) in [6.07, 6.45) is 1.55. The highest BCUT2D eigenvalue weighted by atomic mass is 16.5. The number of hydrogen-bond donors (Lipinski definition) is 1. The van der Waals surface area contributed by atoms with Crippen molar-refractivity contribution in [1.82, 2.24) is 19.8 Å². The van der Waals surface area contributed by atoms with Gasteiger partial charge in [0, 0.05) is 25.7 Å². The van der Waals surface area contributed by atoms with Gasteiger partial charge in [-0.3, -0.25) is 9.59 Å². The van der Waals surface area contributed by atoms with Crippen LogP contribution < -0.4 is 10.1 Å². The Bertz CT molecular complexity index is 754. The van der Waals surface area contributed by atoms with Crippen molar-refractivity contribution < 1.29 is 14.3 Å². The molecule has 0 atom stereocenters. The maximum atomic E-state index is 12.6. The summed E-state index contributed by atoms with van der Waals surface area (Å²) in [6, 6.07) is 7.08. The molecular formula is C16H18N4O3. The fourth-order valence-corrected chi connectivity index (χ4v) is 2.68. The molecule has 120 valence electrons. The molecule has 1 aromatic heterocycles. The summed E-state index contributed by atoms with van der Waals surface area (Å²) < 4.78 is 7.01. The molecule has 23 heavy (non-hydrogen) atoms. The number of nitrogens with one attached hydrogen (secondary N) is 1. The minimum absolute atomic E-state index is 0.0698. The fraction of sp³-hybridized carbons (Fsp3) is 0.312. The molecule has 7 nitrogen and oxygen atoms in total. The van der Waals surface area contributed by atoms with Crippen LogP contribution in [0.3, 0.4) is 0 Å². The first-order chi connectivity index (χ1) is 11.1. The summed E-state index contributed by atoms with van der Waals surface area (Å²) in [6.45, 7) is 1.46. The second kappa shape index (κ2) is 6.12. The Morgan fingerprint density at radius 3 is 2.87 bits per heavy atom. The largest absolute Gasteiger partial charge is 0.497 e. The molecule has 2 heterocycles. The number of carbonyl (C=O) groups excluding carboxylic acids is 2. The van der Waals surface area contributed by atoms with E-state index in [0.29, 0.717) is 42.5 Å². The van der Waals surface area contributed by atoms with Gasteiger partial charge >= 0.3 is 0 Å². The van der Waals surface area contributed by atoms with Crippen molar-refractivity contribution in [1.29, 1.82) is 0 Å². The quantitative estimate of drug-likeness (QED) is 0.913. The number of imidazole rings is 1. The first-order valence-electron chi connectivity index (χ1n) is 7.34. The third-order valence-electron chi connectivity index (χ3n) is 3.93. The standard InChI is InChI=1S/C16H18N4O3/c1-17-15(21)13-9-18-14-10-19(6-7-20(13)14)16(22)11-4-3-5-12(8-11)23-2/h3-5,8-9H,6-7,10H2,1-2H3,(H,17,21). The molecule has 0 fully saturated rings. The van der Waals surface area contributed by atoms with Crippen LogP contribution in [0.2, 0.25) is 0 Å². The van der Waals surface area contributed by atoms with E-state index in [2.05, 4.69) is 10.3 Å². The highest BCUT2D eigenvalue weighted by Crippen LogP contribution is 2.19. The van der Waals surface area contributed by atoms with Gasteiger partial charge in [0.2, 0.25) is 0 Å². The molecule has 0 aliphatic carbocycles. The first kappa shape index (κ1) is 15.1. The predicted octanol–water partition coefficient (Wildman–Crippen LogP) is 0.907. The summed E-state index contributed by atoms with van der Waals surface area (Å²) in [5.74, 6) is 1.12. The summed E-state index contributed by atoms with van der Waals surface area (Å²) in [4.78, 5) is 30.4. The highest BCUT2D eigenvalue weighted by Gasteiger charge is 2.26. The van der Waals surface area contributed by atoms with Crippen molar-refractivity contribution >= 4 is 11.8 Å². The number of benzene rings is 1. The van der Waals surface area contributed by atoms with Gasteiger partial charge in [-0.25, -0.2) is 4.98 Å². The molecule has 2 aromatic rings. The molecule has 3 rings (SSSR count). The minimum atomic E-state index is -0.170. The van der Waals surface area contributed by atoms with Gasteiger partial charge in [0.05, 0.1) is 19.9 Å². The molecule has 7 heteroatoms. The lowest BCUT2D eigenvalue weighted by molar-refractivity contribution is 0.0705. The van der Waals surface area contributed by atoms with Crippen LogP contribution in [-0.4, -0.2) is 47.0 Å². The maximum Gasteiger partial charge on any atom is 0.269 e. The summed E-state index contributed by atoms with van der Waals surface area (Å²) in [7, 11) is 3.16. The highest BCUT2D eigenvalue weighted by molar-refractivity contribution is 5.95. The zero-order valence-electron chi connectivity index (χ0n) is 13.1. The van der Waals surface area contributed by atoms with Crippen molar-refractivity contribution in [3.05, 3.63) is 47.5 Å². The topological polar surface area (TPSA) is 76.5 Å². The van der Waals surface area contributed by atoms with Crippen LogP contribution in [0.1, 0.15) is 26.7 Å². The summed E-state index contributed by atoms with van der Waals surface area (Å²) in [5, 5.41) is 2.60. The normalized spacial score (nSPS) is 13.4. The molecule has 1 aliphatic heterocycles. The van der Waals surface area contributed by atoms with Gasteiger partial charge in [0.15, 0.2) is 0 Å². The maximum absolute atomic E-state index is 12.6. The van der Waals surface area contributed by atoms with Gasteiger partial charge in [-0.2, -0.15) is 0 Å². The Morgan fingerprint density at radius 1 is 1.30 bits per heavy atom. The molecule has 0 spiro atoms. The number of amides is 2. The van der Waals surface area contributed by atoms with Gasteiger partial charge in [0.25, 0.3) is 11.8 Å². The number of methoxy groups -OCH3 is 1. The van der Waals surface area contributed by atoms with Gasteiger partial charge in [-0.1, -0.05) is 6.07 Å². The van der Waals surface area contributed by atoms with Gasteiger partial charge in [-0.15, -0.1) is 0 Å². The van der Waals surface area contributed by atoms with Gasteiger partial charge in [0.1, 0.15) is 17.3 Å². The monoisotopic (exact) mass is 314 g/mol. The van der Waals surface area contributed by atoms with E-state index < -0.39 is 0 Å². The molecule has 0 unspecified atom stereocenters. The number of aromatic nitrogens is 2. The molecule has 0 bridgehead atoms. The molecule has 1 N–H and O–H groups in total. The third kappa shape index (κ3) is 2.77. The van der Waals surface area contributed by atoms with Crippen molar-refractivity contribution in [3.63, 3.8) is 0 Å². The fourth-order valence-electron chi connectivity index (χ4n) is 2.68. The minimum Gasteiger partial charge on any atom is -0.497 e. The molecule has 0 radical (unpaired) electrons. The van der Waals surface area contributed by atoms with E-state index >= 15 is 0 Å². The number of hydrogen-bond acceptors (Lipinski definition) is 4. The zero-order valence-corrected chi connectivity index (χ0v) is 13.1. The van der Waals surface area contributed by atoms with Crippen LogP contribution in [0.15, 0.2) is 30.5 Å². The van der Waals surface area contributed by atoms with Crippen molar-refractivity contribution in [2.75, 3.05) is 20.7 Å². The molecular weight excluding hydrogens is 296 g/mol. The second-order valence-corrected chi connectivity index (χ2v) is 5.25. The summed E-state index contributed by atoms with van der Waals surface area (Å²) in [5.41, 5.74) is 1.10. The van der Waals surface area contributed by atoms with E-state index in [-0.39, 0.29) is 11.8 Å². The lowest BCUT2D eigenvalue weighted by atomic mass is 10.1. The van der Waals surface area contributed by atoms with Crippen LogP contribution in [-0.2, 0) is 13.1 Å². The average molecular weight is 314 g/mol. The zero-order chi connectivity index (χ0) is 16.4. The SMILES string of the molecule is CNC(=O)c1cnc2n1CCN(C(=O)c1cccc(OC)c1)C2. The Kier molecular flexibility index (Phi) is 4.01. The number of carbonyl (C=O) groups is 2. The van der Waals surface area contributed by atoms with Crippen LogP contribution in [0.25, 0.3) is 0 Å². The third-order valence-corrected chi connectivity index (χ3v) is 3.93. The molecule has 0 saturated carbocycles. The van der Waals surface area contributed by atoms with Crippen molar-refractivity contribution in [2.24, 2.45) is 0 Å². The van der Waals surface area contributed by atoms with E-state index in [1.54, 1.807) is 49.5 Å². The van der Waals surface area contributed by atoms with E-state index in [1.165, 1.54) is 0 Å². The number of nitrogens with zero attached hydrogens (tertiary/aromatic N) is 3. The molecule has 2 amide bonds. The lowest BCUT2D eigenvalue weighted by Gasteiger charge is -2.28. The number of ether oxygens (including phenoxy) is 1. The van der Waals surface area contributed by atoms with E-state index in [9.17, 15) is 9.59 Å². The Hall–Kier alpha value is -2.83. The van der Waals surface area contributed by atoms with Crippen LogP contribution in [0.5, 0.6) is 5.75 Å². The number of fused-ring (bicyclic) bond motifs is 1. The molecule has 1 aliphatic rings. The van der Waals surface area contributed by atoms with Crippen LogP contribution in [0, 0.1) is 0 Å². The van der Waals surface area contributed by atoms with E-state index in [4.69, 9.17) is 4.74 Å². The Balaban J connectivity index is 1.80. The van der Waals surface area contributed by atoms with Crippen molar-refractivity contribution in [2.45, 2.75) is 13.1 Å². The first-order valence-corrected chi connectivity index (χ1v) is 7.34. The molecule has 1 aromatic carbocycles. The summed E-state index contributed by atoms with van der Waals surface area (Å²) >= 11 is 0. The lowest BCUT2D eigenvalue weighted by Crippen LogP contribution is -2.39. The Morgan fingerprint density at radius 2 is 2.13 bits per heavy atom. The van der Waals surface area contributed by atoms with Gasteiger partial charge in [-0.05, 0) is 18.2 Å². The van der Waals surface area contributed by atoms with Crippen LogP contribution in [0.4, 0.5) is 0 Å². The van der Waals surface area contributed by atoms with E-state index in [1.807, 2.05) is 4.57 Å². The molecule has 0 saturated heterocycles. The smallest absolute Gasteiger partial charge is 0.269 e. The van der Waals surface area contributed by atoms with Gasteiger partial charge < -0.3 is 19.5 Å². The second-order valence-electron chi connectivity index (χ2n) is 5.25. The average Bonchev–Trinajstić information content (AvgIpc) is 3.03. The predicted molar refractivity (Wildman–Crippen MR) is 83.4 cm³/mol. The van der Waals surface area contributed by atoms with E-state index in [0.717, 1.165) is 0 Å². The van der Waals surface area contributed by atoms with Crippen LogP contribution >= 0.6 is 0 Å². The Labute approximate surface area is 133 Å².